The summed E-state index contributed by atoms with van der Waals surface area (Å²) in [5.41, 5.74) is 0.474. The molecule has 1 amide bonds. The monoisotopic (exact) mass is 379 g/mol. The van der Waals surface area contributed by atoms with Gasteiger partial charge in [-0.05, 0) is 82.5 Å². The van der Waals surface area contributed by atoms with Gasteiger partial charge in [-0.15, -0.1) is 0 Å². The first-order chi connectivity index (χ1) is 12.9. The average molecular weight is 380 g/mol. The predicted molar refractivity (Wildman–Crippen MR) is 109 cm³/mol. The van der Waals surface area contributed by atoms with Crippen molar-refractivity contribution < 1.29 is 14.3 Å². The molecule has 0 aromatic heterocycles. The molecule has 0 aromatic rings. The lowest BCUT2D eigenvalue weighted by Crippen LogP contribution is -2.52. The summed E-state index contributed by atoms with van der Waals surface area (Å²) in [6, 6.07) is 0. The molecule has 0 unspecified atom stereocenters. The highest BCUT2D eigenvalue weighted by Gasteiger charge is 2.47. The van der Waals surface area contributed by atoms with E-state index in [9.17, 15) is 4.79 Å². The Labute approximate surface area is 166 Å². The molecule has 3 fully saturated rings. The fraction of sp³-hybridized carbons (Fsp3) is 0.957. The minimum absolute atomic E-state index is 0.263. The van der Waals surface area contributed by atoms with E-state index in [2.05, 4.69) is 32.6 Å². The Morgan fingerprint density at radius 2 is 1.67 bits per heavy atom. The highest BCUT2D eigenvalue weighted by atomic mass is 16.5. The fourth-order valence-electron chi connectivity index (χ4n) is 5.30. The number of carbonyl (C=O) groups is 1. The molecule has 2 aliphatic carbocycles. The Morgan fingerprint density at radius 3 is 2.22 bits per heavy atom. The van der Waals surface area contributed by atoms with Crippen LogP contribution in [0.2, 0.25) is 0 Å². The highest BCUT2D eigenvalue weighted by Crippen LogP contribution is 2.50. The summed E-state index contributed by atoms with van der Waals surface area (Å²) < 4.78 is 11.8. The smallest absolute Gasteiger partial charge is 0.225 e. The molecular weight excluding hydrogens is 338 g/mol. The lowest BCUT2D eigenvalue weighted by atomic mass is 9.61. The van der Waals surface area contributed by atoms with Crippen LogP contribution in [0.5, 0.6) is 0 Å². The average Bonchev–Trinajstić information content (AvgIpc) is 2.60. The molecule has 0 bridgehead atoms. The maximum Gasteiger partial charge on any atom is 0.225 e. The van der Waals surface area contributed by atoms with E-state index in [4.69, 9.17) is 9.47 Å². The van der Waals surface area contributed by atoms with Crippen molar-refractivity contribution in [1.82, 2.24) is 4.90 Å². The summed E-state index contributed by atoms with van der Waals surface area (Å²) in [4.78, 5) is 15.1. The molecule has 27 heavy (non-hydrogen) atoms. The van der Waals surface area contributed by atoms with Crippen molar-refractivity contribution in [2.24, 2.45) is 23.2 Å². The van der Waals surface area contributed by atoms with Crippen molar-refractivity contribution in [3.05, 3.63) is 0 Å². The van der Waals surface area contributed by atoms with Gasteiger partial charge in [-0.1, -0.05) is 13.8 Å². The van der Waals surface area contributed by atoms with Crippen molar-refractivity contribution in [2.45, 2.75) is 91.3 Å². The number of hydrogen-bond donors (Lipinski definition) is 0. The molecule has 4 heteroatoms. The molecule has 1 heterocycles. The second kappa shape index (κ2) is 9.26. The summed E-state index contributed by atoms with van der Waals surface area (Å²) >= 11 is 0. The predicted octanol–water partition coefficient (Wildman–Crippen LogP) is 4.66. The summed E-state index contributed by atoms with van der Waals surface area (Å²) in [5, 5.41) is 0. The number of rotatable bonds is 7. The van der Waals surface area contributed by atoms with E-state index in [0.717, 1.165) is 52.0 Å². The second-order valence-electron chi connectivity index (χ2n) is 10.2. The minimum atomic E-state index is 0.263. The van der Waals surface area contributed by atoms with Gasteiger partial charge in [-0.25, -0.2) is 0 Å². The first-order valence-corrected chi connectivity index (χ1v) is 11.4. The SMILES string of the molecule is CC(C)COCC1CCC(C(=O)N2CCC3(CC2)CC(OC(C)C)C3)CC1. The lowest BCUT2D eigenvalue weighted by molar-refractivity contribution is -0.148. The van der Waals surface area contributed by atoms with Crippen LogP contribution in [0.3, 0.4) is 0 Å². The van der Waals surface area contributed by atoms with Crippen LogP contribution in [0.1, 0.15) is 79.1 Å². The zero-order chi connectivity index (χ0) is 19.4. The number of ether oxygens (including phenoxy) is 2. The van der Waals surface area contributed by atoms with Crippen molar-refractivity contribution in [3.8, 4) is 0 Å². The normalized spacial score (nSPS) is 28.7. The first-order valence-electron chi connectivity index (χ1n) is 11.4. The van der Waals surface area contributed by atoms with Crippen LogP contribution in [-0.2, 0) is 14.3 Å². The summed E-state index contributed by atoms with van der Waals surface area (Å²) in [7, 11) is 0. The summed E-state index contributed by atoms with van der Waals surface area (Å²) in [6.07, 6.45) is 9.97. The van der Waals surface area contributed by atoms with Gasteiger partial charge in [0.15, 0.2) is 0 Å². The highest BCUT2D eigenvalue weighted by molar-refractivity contribution is 5.79. The van der Waals surface area contributed by atoms with Crippen molar-refractivity contribution >= 4 is 5.91 Å². The quantitative estimate of drug-likeness (QED) is 0.646. The van der Waals surface area contributed by atoms with Crippen molar-refractivity contribution in [1.29, 1.82) is 0 Å². The topological polar surface area (TPSA) is 38.8 Å². The molecule has 1 saturated heterocycles. The van der Waals surface area contributed by atoms with Gasteiger partial charge >= 0.3 is 0 Å². The standard InChI is InChI=1S/C23H41NO3/c1-17(2)15-26-16-19-5-7-20(8-6-19)22(25)24-11-9-23(10-12-24)13-21(14-23)27-18(3)4/h17-21H,5-16H2,1-4H3. The molecule has 0 atom stereocenters. The van der Waals surface area contributed by atoms with E-state index in [1.54, 1.807) is 0 Å². The number of hydrogen-bond acceptors (Lipinski definition) is 3. The molecule has 1 aliphatic heterocycles. The van der Waals surface area contributed by atoms with Crippen LogP contribution < -0.4 is 0 Å². The molecule has 2 saturated carbocycles. The van der Waals surface area contributed by atoms with Gasteiger partial charge in [0.05, 0.1) is 12.2 Å². The molecule has 1 spiro atoms. The number of amides is 1. The molecule has 3 rings (SSSR count). The van der Waals surface area contributed by atoms with Gasteiger partial charge in [0.2, 0.25) is 5.91 Å². The fourth-order valence-corrected chi connectivity index (χ4v) is 5.30. The zero-order valence-corrected chi connectivity index (χ0v) is 18.0. The van der Waals surface area contributed by atoms with Crippen LogP contribution >= 0.6 is 0 Å². The molecule has 3 aliphatic rings. The maximum absolute atomic E-state index is 13.0. The molecule has 156 valence electrons. The second-order valence-corrected chi connectivity index (χ2v) is 10.2. The van der Waals surface area contributed by atoms with Crippen LogP contribution in [0.25, 0.3) is 0 Å². The molecular formula is C23H41NO3. The van der Waals surface area contributed by atoms with E-state index in [1.807, 2.05) is 0 Å². The van der Waals surface area contributed by atoms with Gasteiger partial charge in [0.1, 0.15) is 0 Å². The molecule has 0 aromatic carbocycles. The summed E-state index contributed by atoms with van der Waals surface area (Å²) in [6.45, 7) is 12.3. The maximum atomic E-state index is 13.0. The van der Waals surface area contributed by atoms with E-state index in [-0.39, 0.29) is 5.92 Å². The Bertz CT molecular complexity index is 466. The van der Waals surface area contributed by atoms with Crippen LogP contribution in [-0.4, -0.2) is 49.3 Å². The third kappa shape index (κ3) is 5.69. The van der Waals surface area contributed by atoms with Crippen molar-refractivity contribution in [2.75, 3.05) is 26.3 Å². The number of likely N-dealkylation sites (tertiary alicyclic amines) is 1. The van der Waals surface area contributed by atoms with Gasteiger partial charge in [-0.3, -0.25) is 4.79 Å². The molecule has 4 nitrogen and oxygen atoms in total. The van der Waals surface area contributed by atoms with E-state index in [0.29, 0.717) is 35.4 Å². The number of nitrogens with zero attached hydrogens (tertiary/aromatic N) is 1. The van der Waals surface area contributed by atoms with Gasteiger partial charge in [0.25, 0.3) is 0 Å². The van der Waals surface area contributed by atoms with E-state index >= 15 is 0 Å². The van der Waals surface area contributed by atoms with E-state index < -0.39 is 0 Å². The van der Waals surface area contributed by atoms with Crippen LogP contribution in [0, 0.1) is 23.2 Å². The Hall–Kier alpha value is -0.610. The van der Waals surface area contributed by atoms with Gasteiger partial charge in [0, 0.05) is 32.2 Å². The Kier molecular flexibility index (Phi) is 7.24. The van der Waals surface area contributed by atoms with Crippen LogP contribution in [0.4, 0.5) is 0 Å². The zero-order valence-electron chi connectivity index (χ0n) is 18.0. The Morgan fingerprint density at radius 1 is 1.04 bits per heavy atom. The first kappa shape index (κ1) is 21.1. The van der Waals surface area contributed by atoms with Gasteiger partial charge in [-0.2, -0.15) is 0 Å². The van der Waals surface area contributed by atoms with Crippen molar-refractivity contribution in [3.63, 3.8) is 0 Å². The Balaban J connectivity index is 1.34. The largest absolute Gasteiger partial charge is 0.381 e. The lowest BCUT2D eigenvalue weighted by Gasteiger charge is -2.52. The van der Waals surface area contributed by atoms with Gasteiger partial charge < -0.3 is 14.4 Å². The third-order valence-electron chi connectivity index (χ3n) is 6.92. The third-order valence-corrected chi connectivity index (χ3v) is 6.92. The van der Waals surface area contributed by atoms with E-state index in [1.165, 1.54) is 25.7 Å². The summed E-state index contributed by atoms with van der Waals surface area (Å²) in [5.74, 6) is 1.96. The minimum Gasteiger partial charge on any atom is -0.381 e. The number of carbonyl (C=O) groups excluding carboxylic acids is 1. The van der Waals surface area contributed by atoms with Crippen LogP contribution in [0.15, 0.2) is 0 Å². The molecule has 0 radical (unpaired) electrons. The molecule has 0 N–H and O–H groups in total. The number of piperidine rings is 1.